The number of allylic oxidation sites excluding steroid dienone is 2. The molecule has 0 aromatic rings. The predicted molar refractivity (Wildman–Crippen MR) is 101 cm³/mol. The van der Waals surface area contributed by atoms with Crippen molar-refractivity contribution in [1.29, 1.82) is 0 Å². The Morgan fingerprint density at radius 2 is 0.957 bits per heavy atom. The summed E-state index contributed by atoms with van der Waals surface area (Å²) in [4.78, 5) is 0. The Bertz CT molecular complexity index is 386. The number of hydrogen-bond acceptors (Lipinski definition) is 0. The highest BCUT2D eigenvalue weighted by Crippen LogP contribution is 2.75. The third kappa shape index (κ3) is 2.22. The molecule has 0 aliphatic heterocycles. The largest absolute Gasteiger partial charge is 0.0848 e. The summed E-state index contributed by atoms with van der Waals surface area (Å²) < 4.78 is 0. The van der Waals surface area contributed by atoms with Crippen molar-refractivity contribution in [2.75, 3.05) is 0 Å². The lowest BCUT2D eigenvalue weighted by Crippen LogP contribution is -2.39. The van der Waals surface area contributed by atoms with Crippen LogP contribution in [0.5, 0.6) is 0 Å². The van der Waals surface area contributed by atoms with Gasteiger partial charge in [0.15, 0.2) is 0 Å². The van der Waals surface area contributed by atoms with Crippen LogP contribution in [-0.4, -0.2) is 0 Å². The average Bonchev–Trinajstić information content (AvgIpc) is 3.46. The average molecular weight is 317 g/mol. The van der Waals surface area contributed by atoms with Gasteiger partial charge in [0.25, 0.3) is 0 Å². The van der Waals surface area contributed by atoms with E-state index in [2.05, 4.69) is 12.2 Å². The van der Waals surface area contributed by atoms with E-state index in [0.29, 0.717) is 0 Å². The maximum absolute atomic E-state index is 2.61. The summed E-state index contributed by atoms with van der Waals surface area (Å²) in [5.41, 5.74) is 0. The van der Waals surface area contributed by atoms with E-state index in [-0.39, 0.29) is 0 Å². The quantitative estimate of drug-likeness (QED) is 0.340. The molecule has 0 N–H and O–H groups in total. The molecule has 6 aliphatic carbocycles. The molecule has 132 valence electrons. The SMILES string of the molecule is C1=CC2CC1C1C3CC(C21)C1C2CCC(C2)C31.CC.CC.CC. The van der Waals surface area contributed by atoms with Crippen LogP contribution in [0.3, 0.4) is 0 Å². The molecule has 5 fully saturated rings. The van der Waals surface area contributed by atoms with E-state index in [1.807, 2.05) is 41.5 Å². The van der Waals surface area contributed by atoms with Crippen molar-refractivity contribution in [1.82, 2.24) is 0 Å². The fraction of sp³-hybridized carbons (Fsp3) is 0.913. The summed E-state index contributed by atoms with van der Waals surface area (Å²) in [5.74, 6) is 11.6. The lowest BCUT2D eigenvalue weighted by molar-refractivity contribution is 0.0505. The normalized spacial score (nSPS) is 54.3. The van der Waals surface area contributed by atoms with Gasteiger partial charge in [-0.05, 0) is 91.3 Å². The topological polar surface area (TPSA) is 0 Å². The summed E-state index contributed by atoms with van der Waals surface area (Å²) in [5, 5.41) is 0. The van der Waals surface area contributed by atoms with Gasteiger partial charge >= 0.3 is 0 Å². The van der Waals surface area contributed by atoms with E-state index < -0.39 is 0 Å². The smallest absolute Gasteiger partial charge is 0.0194 e. The minimum atomic E-state index is 1.03. The van der Waals surface area contributed by atoms with Crippen LogP contribution in [0.4, 0.5) is 0 Å². The molecule has 10 unspecified atom stereocenters. The van der Waals surface area contributed by atoms with Gasteiger partial charge in [-0.25, -0.2) is 0 Å². The van der Waals surface area contributed by atoms with E-state index in [1.165, 1.54) is 35.5 Å². The van der Waals surface area contributed by atoms with Crippen LogP contribution in [0.2, 0.25) is 0 Å². The molecule has 0 nitrogen and oxygen atoms in total. The van der Waals surface area contributed by atoms with E-state index in [1.54, 1.807) is 32.1 Å². The lowest BCUT2D eigenvalue weighted by atomic mass is 9.61. The highest BCUT2D eigenvalue weighted by Gasteiger charge is 2.69. The molecule has 10 atom stereocenters. The first kappa shape index (κ1) is 17.6. The van der Waals surface area contributed by atoms with Crippen molar-refractivity contribution in [3.63, 3.8) is 0 Å². The van der Waals surface area contributed by atoms with Crippen molar-refractivity contribution < 1.29 is 0 Å². The maximum Gasteiger partial charge on any atom is -0.0194 e. The Morgan fingerprint density at radius 3 is 1.39 bits per heavy atom. The Hall–Kier alpha value is -0.260. The maximum atomic E-state index is 2.61. The third-order valence-corrected chi connectivity index (χ3v) is 8.15. The minimum Gasteiger partial charge on any atom is -0.0848 e. The molecule has 6 bridgehead atoms. The second kappa shape index (κ2) is 6.93. The highest BCUT2D eigenvalue weighted by atomic mass is 14.7. The van der Waals surface area contributed by atoms with E-state index in [0.717, 1.165) is 23.7 Å². The Morgan fingerprint density at radius 1 is 0.522 bits per heavy atom. The van der Waals surface area contributed by atoms with Gasteiger partial charge in [-0.15, -0.1) is 0 Å². The molecule has 0 saturated heterocycles. The lowest BCUT2D eigenvalue weighted by Gasteiger charge is -2.44. The second-order valence-corrected chi connectivity index (χ2v) is 8.15. The summed E-state index contributed by atoms with van der Waals surface area (Å²) in [6.45, 7) is 12.0. The first-order valence-corrected chi connectivity index (χ1v) is 11.1. The predicted octanol–water partition coefficient (Wildman–Crippen LogP) is 6.82. The van der Waals surface area contributed by atoms with Gasteiger partial charge in [-0.3, -0.25) is 0 Å². The molecule has 6 aliphatic rings. The molecule has 0 amide bonds. The standard InChI is InChI=1S/C17H22.3C2H6/c1-2-9-5-8(1)14-12-7-13(15(9)14)17-11-4-3-10(6-11)16(12)17;3*1-2/h1-2,8-17H,3-7H2;3*1-2H3. The van der Waals surface area contributed by atoms with Crippen molar-refractivity contribution in [2.24, 2.45) is 59.2 Å². The van der Waals surface area contributed by atoms with Crippen molar-refractivity contribution >= 4 is 0 Å². The van der Waals surface area contributed by atoms with Crippen LogP contribution in [0.15, 0.2) is 12.2 Å². The molecule has 0 spiro atoms. The van der Waals surface area contributed by atoms with E-state index in [9.17, 15) is 0 Å². The van der Waals surface area contributed by atoms with Gasteiger partial charge in [0.05, 0.1) is 0 Å². The fourth-order valence-electron chi connectivity index (χ4n) is 8.21. The Kier molecular flexibility index (Phi) is 5.29. The fourth-order valence-corrected chi connectivity index (χ4v) is 8.21. The van der Waals surface area contributed by atoms with Crippen LogP contribution in [0.1, 0.15) is 73.6 Å². The van der Waals surface area contributed by atoms with Crippen molar-refractivity contribution in [2.45, 2.75) is 73.6 Å². The molecular weight excluding hydrogens is 276 g/mol. The van der Waals surface area contributed by atoms with Crippen LogP contribution >= 0.6 is 0 Å². The van der Waals surface area contributed by atoms with Crippen molar-refractivity contribution in [3.8, 4) is 0 Å². The van der Waals surface area contributed by atoms with Crippen LogP contribution in [0, 0.1) is 59.2 Å². The summed E-state index contributed by atoms with van der Waals surface area (Å²) in [6.07, 6.45) is 13.3. The second-order valence-electron chi connectivity index (χ2n) is 8.15. The first-order chi connectivity index (χ1) is 11.4. The van der Waals surface area contributed by atoms with Crippen LogP contribution in [0.25, 0.3) is 0 Å². The first-order valence-electron chi connectivity index (χ1n) is 11.1. The van der Waals surface area contributed by atoms with Gasteiger partial charge in [0.1, 0.15) is 0 Å². The van der Waals surface area contributed by atoms with Crippen molar-refractivity contribution in [3.05, 3.63) is 12.2 Å². The van der Waals surface area contributed by atoms with Crippen LogP contribution < -0.4 is 0 Å². The molecular formula is C23H40. The summed E-state index contributed by atoms with van der Waals surface area (Å²) in [6, 6.07) is 0. The molecule has 0 aromatic heterocycles. The molecule has 5 saturated carbocycles. The molecule has 0 radical (unpaired) electrons. The molecule has 0 heterocycles. The zero-order chi connectivity index (χ0) is 16.7. The van der Waals surface area contributed by atoms with E-state index in [4.69, 9.17) is 0 Å². The van der Waals surface area contributed by atoms with Gasteiger partial charge in [0, 0.05) is 0 Å². The summed E-state index contributed by atoms with van der Waals surface area (Å²) >= 11 is 0. The molecule has 0 heteroatoms. The Labute approximate surface area is 145 Å². The molecule has 23 heavy (non-hydrogen) atoms. The zero-order valence-corrected chi connectivity index (χ0v) is 16.5. The number of hydrogen-bond donors (Lipinski definition) is 0. The van der Waals surface area contributed by atoms with Gasteiger partial charge < -0.3 is 0 Å². The van der Waals surface area contributed by atoms with E-state index >= 15 is 0 Å². The number of fused-ring (bicyclic) bond motifs is 16. The molecule has 0 aromatic carbocycles. The number of rotatable bonds is 0. The molecule has 6 rings (SSSR count). The highest BCUT2D eigenvalue weighted by molar-refractivity contribution is 5.24. The summed E-state index contributed by atoms with van der Waals surface area (Å²) in [7, 11) is 0. The van der Waals surface area contributed by atoms with Gasteiger partial charge in [0.2, 0.25) is 0 Å². The zero-order valence-electron chi connectivity index (χ0n) is 16.5. The van der Waals surface area contributed by atoms with Gasteiger partial charge in [-0.1, -0.05) is 53.7 Å². The monoisotopic (exact) mass is 316 g/mol. The Balaban J connectivity index is 0.000000238. The van der Waals surface area contributed by atoms with Gasteiger partial charge in [-0.2, -0.15) is 0 Å². The van der Waals surface area contributed by atoms with Crippen LogP contribution in [-0.2, 0) is 0 Å². The minimum absolute atomic E-state index is 1.03. The third-order valence-electron chi connectivity index (χ3n) is 8.15.